The van der Waals surface area contributed by atoms with Gasteiger partial charge in [0.1, 0.15) is 11.6 Å². The van der Waals surface area contributed by atoms with Crippen LogP contribution in [0.2, 0.25) is 0 Å². The summed E-state index contributed by atoms with van der Waals surface area (Å²) in [7, 11) is 0. The van der Waals surface area contributed by atoms with Crippen molar-refractivity contribution in [2.45, 2.75) is 66.3 Å². The number of nitrogens with zero attached hydrogens (tertiary/aromatic N) is 4. The van der Waals surface area contributed by atoms with Crippen LogP contribution in [0.3, 0.4) is 0 Å². The first-order chi connectivity index (χ1) is 14.3. The van der Waals surface area contributed by atoms with Gasteiger partial charge in [-0.3, -0.25) is 4.57 Å². The number of hydrogen-bond acceptors (Lipinski definition) is 4. The Morgan fingerprint density at radius 1 is 1.07 bits per heavy atom. The molecule has 0 bridgehead atoms. The van der Waals surface area contributed by atoms with Crippen LogP contribution < -0.4 is 4.90 Å². The van der Waals surface area contributed by atoms with Crippen LogP contribution in [-0.2, 0) is 0 Å². The third-order valence-corrected chi connectivity index (χ3v) is 6.95. The molecule has 0 saturated carbocycles. The van der Waals surface area contributed by atoms with Crippen LogP contribution >= 0.6 is 15.9 Å². The summed E-state index contributed by atoms with van der Waals surface area (Å²) in [6.07, 6.45) is 4.27. The van der Waals surface area contributed by atoms with Crippen LogP contribution in [0.25, 0.3) is 16.7 Å². The molecule has 30 heavy (non-hydrogen) atoms. The van der Waals surface area contributed by atoms with Crippen molar-refractivity contribution < 1.29 is 5.11 Å². The number of piperidine rings is 1. The quantitative estimate of drug-likeness (QED) is 0.549. The molecule has 1 saturated heterocycles. The van der Waals surface area contributed by atoms with Crippen molar-refractivity contribution in [3.8, 4) is 5.69 Å². The molecule has 0 aliphatic carbocycles. The molecule has 1 N–H and O–H groups in total. The van der Waals surface area contributed by atoms with Gasteiger partial charge >= 0.3 is 0 Å². The van der Waals surface area contributed by atoms with E-state index in [1.807, 2.05) is 6.92 Å². The second-order valence-electron chi connectivity index (χ2n) is 8.58. The van der Waals surface area contributed by atoms with Crippen molar-refractivity contribution in [2.75, 3.05) is 18.1 Å². The van der Waals surface area contributed by atoms with Gasteiger partial charge in [-0.05, 0) is 89.1 Å². The molecule has 5 nitrogen and oxygen atoms in total. The summed E-state index contributed by atoms with van der Waals surface area (Å²) in [5.41, 5.74) is 7.05. The van der Waals surface area contributed by atoms with Gasteiger partial charge in [-0.25, -0.2) is 9.97 Å². The summed E-state index contributed by atoms with van der Waals surface area (Å²) in [4.78, 5) is 12.3. The summed E-state index contributed by atoms with van der Waals surface area (Å²) in [6, 6.07) is 4.67. The van der Waals surface area contributed by atoms with Gasteiger partial charge in [-0.2, -0.15) is 0 Å². The number of halogens is 1. The molecule has 1 atom stereocenters. The van der Waals surface area contributed by atoms with Crippen LogP contribution in [0.5, 0.6) is 0 Å². The van der Waals surface area contributed by atoms with Gasteiger partial charge in [0.05, 0.1) is 11.1 Å². The SMILES string of the molecule is Cc1nc(N2CCCCC2CCO)c2c(C)c(C)n(-c3c(C)cc(Br)cc3C)c2n1. The second-order valence-corrected chi connectivity index (χ2v) is 9.50. The highest BCUT2D eigenvalue weighted by atomic mass is 79.9. The molecule has 0 spiro atoms. The minimum absolute atomic E-state index is 0.213. The van der Waals surface area contributed by atoms with E-state index in [2.05, 4.69) is 65.2 Å². The molecular weight excluding hydrogens is 440 g/mol. The highest BCUT2D eigenvalue weighted by Gasteiger charge is 2.28. The molecular formula is C24H31BrN4O. The maximum absolute atomic E-state index is 9.62. The van der Waals surface area contributed by atoms with Gasteiger partial charge in [-0.1, -0.05) is 15.9 Å². The fraction of sp³-hybridized carbons (Fsp3) is 0.500. The highest BCUT2D eigenvalue weighted by Crippen LogP contribution is 2.38. The predicted octanol–water partition coefficient (Wildman–Crippen LogP) is 5.47. The molecule has 1 aromatic carbocycles. The Balaban J connectivity index is 2.00. The zero-order valence-corrected chi connectivity index (χ0v) is 20.2. The number of hydrogen-bond donors (Lipinski definition) is 1. The van der Waals surface area contributed by atoms with E-state index in [-0.39, 0.29) is 6.61 Å². The number of rotatable bonds is 4. The van der Waals surface area contributed by atoms with Crippen molar-refractivity contribution in [1.82, 2.24) is 14.5 Å². The van der Waals surface area contributed by atoms with E-state index in [1.54, 1.807) is 0 Å². The van der Waals surface area contributed by atoms with Crippen molar-refractivity contribution >= 4 is 32.8 Å². The number of benzene rings is 1. The summed E-state index contributed by atoms with van der Waals surface area (Å²) < 4.78 is 3.41. The van der Waals surface area contributed by atoms with Crippen molar-refractivity contribution in [3.05, 3.63) is 44.8 Å². The fourth-order valence-electron chi connectivity index (χ4n) is 5.01. The summed E-state index contributed by atoms with van der Waals surface area (Å²) in [5.74, 6) is 1.82. The monoisotopic (exact) mass is 470 g/mol. The number of aryl methyl sites for hydroxylation is 4. The van der Waals surface area contributed by atoms with E-state index >= 15 is 0 Å². The number of aromatic nitrogens is 3. The standard InChI is InChI=1S/C24H31BrN4O/c1-14-12-19(25)13-15(2)22(14)29-17(4)16(3)21-23(26-18(5)27-24(21)29)28-10-7-6-8-20(28)9-11-30/h12-13,20,30H,6-11H2,1-5H3. The Morgan fingerprint density at radius 2 is 1.77 bits per heavy atom. The van der Waals surface area contributed by atoms with Gasteiger partial charge in [0.2, 0.25) is 0 Å². The van der Waals surface area contributed by atoms with Crippen LogP contribution in [0.1, 0.15) is 53.9 Å². The van der Waals surface area contributed by atoms with E-state index in [9.17, 15) is 5.11 Å². The van der Waals surface area contributed by atoms with E-state index in [0.717, 1.165) is 53.0 Å². The predicted molar refractivity (Wildman–Crippen MR) is 127 cm³/mol. The molecule has 1 fully saturated rings. The van der Waals surface area contributed by atoms with Crippen LogP contribution in [-0.4, -0.2) is 38.8 Å². The zero-order valence-electron chi connectivity index (χ0n) is 18.6. The van der Waals surface area contributed by atoms with Gasteiger partial charge in [-0.15, -0.1) is 0 Å². The first kappa shape index (κ1) is 21.3. The Labute approximate surface area is 187 Å². The lowest BCUT2D eigenvalue weighted by Crippen LogP contribution is -2.41. The van der Waals surface area contributed by atoms with Crippen LogP contribution in [0, 0.1) is 34.6 Å². The number of aliphatic hydroxyl groups excluding tert-OH is 1. The molecule has 4 rings (SSSR count). The molecule has 1 aliphatic rings. The van der Waals surface area contributed by atoms with E-state index in [0.29, 0.717) is 6.04 Å². The average molecular weight is 471 g/mol. The Hall–Kier alpha value is -1.92. The van der Waals surface area contributed by atoms with E-state index < -0.39 is 0 Å². The maximum Gasteiger partial charge on any atom is 0.150 e. The largest absolute Gasteiger partial charge is 0.396 e. The van der Waals surface area contributed by atoms with Crippen molar-refractivity contribution in [1.29, 1.82) is 0 Å². The maximum atomic E-state index is 9.62. The number of fused-ring (bicyclic) bond motifs is 1. The topological polar surface area (TPSA) is 54.2 Å². The molecule has 1 aliphatic heterocycles. The Bertz CT molecular complexity index is 1080. The smallest absolute Gasteiger partial charge is 0.150 e. The molecule has 1 unspecified atom stereocenters. The lowest BCUT2D eigenvalue weighted by Gasteiger charge is -2.37. The van der Waals surface area contributed by atoms with Gasteiger partial charge in [0.15, 0.2) is 5.65 Å². The number of anilines is 1. The zero-order chi connectivity index (χ0) is 21.6. The number of aliphatic hydroxyl groups is 1. The molecule has 6 heteroatoms. The third kappa shape index (κ3) is 3.54. The first-order valence-corrected chi connectivity index (χ1v) is 11.6. The summed E-state index contributed by atoms with van der Waals surface area (Å²) in [6.45, 7) is 11.9. The minimum atomic E-state index is 0.213. The van der Waals surface area contributed by atoms with Gasteiger partial charge in [0, 0.05) is 29.4 Å². The normalized spacial score (nSPS) is 17.2. The summed E-state index contributed by atoms with van der Waals surface area (Å²) >= 11 is 3.63. The minimum Gasteiger partial charge on any atom is -0.396 e. The first-order valence-electron chi connectivity index (χ1n) is 10.8. The second kappa shape index (κ2) is 8.31. The third-order valence-electron chi connectivity index (χ3n) is 6.49. The molecule has 2 aromatic heterocycles. The fourth-order valence-corrected chi connectivity index (χ4v) is 5.70. The van der Waals surface area contributed by atoms with E-state index in [4.69, 9.17) is 9.97 Å². The Kier molecular flexibility index (Phi) is 5.90. The van der Waals surface area contributed by atoms with Crippen molar-refractivity contribution in [3.63, 3.8) is 0 Å². The van der Waals surface area contributed by atoms with Gasteiger partial charge in [0.25, 0.3) is 0 Å². The molecule has 0 radical (unpaired) electrons. The lowest BCUT2D eigenvalue weighted by atomic mass is 9.99. The van der Waals surface area contributed by atoms with E-state index in [1.165, 1.54) is 34.5 Å². The molecule has 0 amide bonds. The Morgan fingerprint density at radius 3 is 2.43 bits per heavy atom. The van der Waals surface area contributed by atoms with Crippen LogP contribution in [0.4, 0.5) is 5.82 Å². The molecule has 3 aromatic rings. The average Bonchev–Trinajstić information content (AvgIpc) is 2.92. The van der Waals surface area contributed by atoms with Gasteiger partial charge < -0.3 is 10.0 Å². The molecule has 3 heterocycles. The van der Waals surface area contributed by atoms with Crippen molar-refractivity contribution in [2.24, 2.45) is 0 Å². The molecule has 160 valence electrons. The van der Waals surface area contributed by atoms with Crippen LogP contribution in [0.15, 0.2) is 16.6 Å². The summed E-state index contributed by atoms with van der Waals surface area (Å²) in [5, 5.41) is 10.8. The highest BCUT2D eigenvalue weighted by molar-refractivity contribution is 9.10. The lowest BCUT2D eigenvalue weighted by molar-refractivity contribution is 0.262.